The molecule has 1 atom stereocenters. The fourth-order valence-electron chi connectivity index (χ4n) is 3.36. The van der Waals surface area contributed by atoms with Crippen molar-refractivity contribution in [2.45, 2.75) is 62.8 Å². The summed E-state index contributed by atoms with van der Waals surface area (Å²) in [4.78, 5) is 0. The van der Waals surface area contributed by atoms with Crippen LogP contribution >= 0.6 is 0 Å². The van der Waals surface area contributed by atoms with Gasteiger partial charge < -0.3 is 9.47 Å². The summed E-state index contributed by atoms with van der Waals surface area (Å²) in [5.41, 5.74) is 0. The van der Waals surface area contributed by atoms with Crippen LogP contribution in [0.2, 0.25) is 0 Å². The number of ether oxygens (including phenoxy) is 2. The Labute approximate surface area is 131 Å². The minimum atomic E-state index is -5.52. The average Bonchev–Trinajstić information content (AvgIpc) is 2.92. The molecule has 2 fully saturated rings. The van der Waals surface area contributed by atoms with Crippen LogP contribution in [0.4, 0.5) is 22.0 Å². The lowest BCUT2D eigenvalue weighted by atomic mass is 9.76. The lowest BCUT2D eigenvalue weighted by Crippen LogP contribution is -2.37. The Morgan fingerprint density at radius 3 is 2.13 bits per heavy atom. The van der Waals surface area contributed by atoms with E-state index in [0.717, 1.165) is 0 Å². The fraction of sp³-hybridized carbons (Fsp3) is 0.933. The van der Waals surface area contributed by atoms with Crippen molar-refractivity contribution in [1.82, 2.24) is 0 Å². The molecule has 2 rings (SSSR count). The molecular formula is C15H20F5NO2. The lowest BCUT2D eigenvalue weighted by molar-refractivity contribution is -0.284. The van der Waals surface area contributed by atoms with Gasteiger partial charge in [-0.05, 0) is 31.6 Å². The number of hydrogen-bond acceptors (Lipinski definition) is 3. The van der Waals surface area contributed by atoms with Gasteiger partial charge in [0.15, 0.2) is 5.79 Å². The van der Waals surface area contributed by atoms with Gasteiger partial charge in [-0.2, -0.15) is 27.2 Å². The number of nitrogens with zero attached hydrogens (tertiary/aromatic N) is 1. The molecule has 1 saturated carbocycles. The van der Waals surface area contributed by atoms with Crippen molar-refractivity contribution >= 4 is 0 Å². The van der Waals surface area contributed by atoms with E-state index in [1.54, 1.807) is 0 Å². The summed E-state index contributed by atoms with van der Waals surface area (Å²) in [5.74, 6) is -5.76. The van der Waals surface area contributed by atoms with E-state index >= 15 is 0 Å². The van der Waals surface area contributed by atoms with Crippen LogP contribution in [0.1, 0.15) is 44.9 Å². The first-order valence-electron chi connectivity index (χ1n) is 7.81. The molecule has 0 aromatic rings. The molecule has 1 spiro atoms. The molecule has 0 amide bonds. The molecule has 0 aromatic carbocycles. The van der Waals surface area contributed by atoms with Gasteiger partial charge in [-0.25, -0.2) is 0 Å². The predicted molar refractivity (Wildman–Crippen MR) is 70.5 cm³/mol. The van der Waals surface area contributed by atoms with Crippen molar-refractivity contribution in [3.63, 3.8) is 0 Å². The van der Waals surface area contributed by atoms with Gasteiger partial charge in [-0.1, -0.05) is 0 Å². The Bertz CT molecular complexity index is 430. The molecule has 132 valence electrons. The van der Waals surface area contributed by atoms with E-state index in [0.29, 0.717) is 38.9 Å². The maximum absolute atomic E-state index is 12.9. The largest absolute Gasteiger partial charge is 0.453 e. The summed E-state index contributed by atoms with van der Waals surface area (Å²) in [6.07, 6.45) is -4.47. The Hall–Kier alpha value is -0.940. The molecule has 1 heterocycles. The minimum absolute atomic E-state index is 0.00191. The lowest BCUT2D eigenvalue weighted by Gasteiger charge is -2.37. The smallest absolute Gasteiger partial charge is 0.348 e. The molecule has 1 saturated heterocycles. The Balaban J connectivity index is 1.79. The number of alkyl halides is 5. The third-order valence-corrected chi connectivity index (χ3v) is 4.76. The van der Waals surface area contributed by atoms with Crippen LogP contribution in [-0.4, -0.2) is 31.1 Å². The second-order valence-corrected chi connectivity index (χ2v) is 6.28. The van der Waals surface area contributed by atoms with Gasteiger partial charge in [0.25, 0.3) is 0 Å². The highest BCUT2D eigenvalue weighted by Gasteiger charge is 2.56. The number of hydrogen-bond donors (Lipinski definition) is 0. The molecule has 0 radical (unpaired) electrons. The third kappa shape index (κ3) is 4.32. The summed E-state index contributed by atoms with van der Waals surface area (Å²) in [5, 5.41) is 9.20. The second kappa shape index (κ2) is 6.89. The van der Waals surface area contributed by atoms with Crippen LogP contribution in [0, 0.1) is 23.2 Å². The van der Waals surface area contributed by atoms with Crippen LogP contribution in [0.5, 0.6) is 0 Å². The van der Waals surface area contributed by atoms with Gasteiger partial charge in [-0.15, -0.1) is 0 Å². The van der Waals surface area contributed by atoms with Crippen LogP contribution in [0.25, 0.3) is 0 Å². The summed E-state index contributed by atoms with van der Waals surface area (Å²) in [6.45, 7) is 1.08. The van der Waals surface area contributed by atoms with Gasteiger partial charge in [-0.3, -0.25) is 0 Å². The average molecular weight is 341 g/mol. The van der Waals surface area contributed by atoms with Gasteiger partial charge in [0.2, 0.25) is 0 Å². The highest BCUT2D eigenvalue weighted by Crippen LogP contribution is 2.43. The molecule has 3 nitrogen and oxygen atoms in total. The molecule has 1 aliphatic carbocycles. The van der Waals surface area contributed by atoms with Crippen molar-refractivity contribution < 1.29 is 31.4 Å². The molecule has 1 aliphatic heterocycles. The van der Waals surface area contributed by atoms with Crippen molar-refractivity contribution in [3.8, 4) is 6.07 Å². The summed E-state index contributed by atoms with van der Waals surface area (Å²) in [6, 6.07) is 2.07. The van der Waals surface area contributed by atoms with Crippen LogP contribution in [0.3, 0.4) is 0 Å². The highest BCUT2D eigenvalue weighted by atomic mass is 19.4. The van der Waals surface area contributed by atoms with Gasteiger partial charge >= 0.3 is 12.1 Å². The molecule has 0 N–H and O–H groups in total. The van der Waals surface area contributed by atoms with E-state index in [9.17, 15) is 27.2 Å². The molecular weight excluding hydrogens is 321 g/mol. The Kier molecular flexibility index (Phi) is 5.52. The van der Waals surface area contributed by atoms with Crippen LogP contribution < -0.4 is 0 Å². The number of halogens is 5. The number of nitriles is 1. The summed E-state index contributed by atoms with van der Waals surface area (Å²) < 4.78 is 73.3. The van der Waals surface area contributed by atoms with E-state index in [1.165, 1.54) is 0 Å². The maximum Gasteiger partial charge on any atom is 0.453 e. The SMILES string of the molecule is N#CC(CCCC(F)(F)C(F)(F)F)C1CCC2(CC1)OCCO2. The first kappa shape index (κ1) is 18.4. The fourth-order valence-corrected chi connectivity index (χ4v) is 3.36. The minimum Gasteiger partial charge on any atom is -0.348 e. The van der Waals surface area contributed by atoms with Crippen LogP contribution in [0.15, 0.2) is 0 Å². The first-order chi connectivity index (χ1) is 10.7. The number of rotatable bonds is 5. The van der Waals surface area contributed by atoms with Crippen LogP contribution in [-0.2, 0) is 9.47 Å². The zero-order valence-electron chi connectivity index (χ0n) is 12.7. The van der Waals surface area contributed by atoms with E-state index in [4.69, 9.17) is 9.47 Å². The molecule has 8 heteroatoms. The van der Waals surface area contributed by atoms with Gasteiger partial charge in [0, 0.05) is 25.2 Å². The Morgan fingerprint density at radius 1 is 1.09 bits per heavy atom. The zero-order valence-corrected chi connectivity index (χ0v) is 12.7. The van der Waals surface area contributed by atoms with Gasteiger partial charge in [0.05, 0.1) is 19.3 Å². The normalized spacial score (nSPS) is 23.8. The third-order valence-electron chi connectivity index (χ3n) is 4.76. The predicted octanol–water partition coefficient (Wildman–Crippen LogP) is 4.43. The molecule has 2 aliphatic rings. The molecule has 1 unspecified atom stereocenters. The Morgan fingerprint density at radius 2 is 1.65 bits per heavy atom. The first-order valence-corrected chi connectivity index (χ1v) is 7.81. The van der Waals surface area contributed by atoms with E-state index in [1.807, 2.05) is 0 Å². The van der Waals surface area contributed by atoms with E-state index < -0.39 is 30.2 Å². The standard InChI is InChI=1S/C15H20F5NO2/c16-14(17,15(18,19)20)5-1-2-12(10-21)11-3-6-13(7-4-11)22-8-9-23-13/h11-12H,1-9H2. The van der Waals surface area contributed by atoms with E-state index in [-0.39, 0.29) is 18.8 Å². The van der Waals surface area contributed by atoms with Crippen molar-refractivity contribution in [2.24, 2.45) is 11.8 Å². The van der Waals surface area contributed by atoms with Crippen molar-refractivity contribution in [2.75, 3.05) is 13.2 Å². The maximum atomic E-state index is 12.9. The summed E-state index contributed by atoms with van der Waals surface area (Å²) in [7, 11) is 0. The summed E-state index contributed by atoms with van der Waals surface area (Å²) >= 11 is 0. The monoisotopic (exact) mass is 341 g/mol. The molecule has 0 bridgehead atoms. The molecule has 0 aromatic heterocycles. The quantitative estimate of drug-likeness (QED) is 0.695. The zero-order chi connectivity index (χ0) is 17.1. The van der Waals surface area contributed by atoms with Gasteiger partial charge in [0.1, 0.15) is 0 Å². The topological polar surface area (TPSA) is 42.2 Å². The van der Waals surface area contributed by atoms with E-state index in [2.05, 4.69) is 6.07 Å². The highest BCUT2D eigenvalue weighted by molar-refractivity contribution is 4.93. The van der Waals surface area contributed by atoms with Crippen molar-refractivity contribution in [1.29, 1.82) is 5.26 Å². The molecule has 23 heavy (non-hydrogen) atoms. The van der Waals surface area contributed by atoms with Crippen molar-refractivity contribution in [3.05, 3.63) is 0 Å². The second-order valence-electron chi connectivity index (χ2n) is 6.28.